The molecule has 1 heterocycles. The first-order chi connectivity index (χ1) is 14.2. The second kappa shape index (κ2) is 11.9. The van der Waals surface area contributed by atoms with E-state index >= 15 is 0 Å². The largest absolute Gasteiger partial charge is 4.00 e. The number of fused-ring (bicyclic) bond motifs is 4. The average molecular weight is 557 g/mol. The van der Waals surface area contributed by atoms with Gasteiger partial charge in [-0.05, 0) is 41.9 Å². The Morgan fingerprint density at radius 3 is 2.31 bits per heavy atom. The maximum atomic E-state index is 3.19. The Labute approximate surface area is 224 Å². The van der Waals surface area contributed by atoms with Crippen LogP contribution in [0.4, 0.5) is 0 Å². The van der Waals surface area contributed by atoms with E-state index in [9.17, 15) is 0 Å². The molecule has 0 spiro atoms. The standard InChI is InChI=1S/C21H18P.C7H9.2ClH.Zr/c1-2-8-16-14-17(13-15(16)7-1)22-20-11-5-3-9-18(20)19-10-4-6-12-21(19)22;1-6-4-3-5-7(6)2;;;/h1-3,5,7-9,11,13-14H,4,6,10,12H2;4H,3H2,1-2H3;2*1H;/q2*-1;;;+4/p-2. The predicted molar refractivity (Wildman–Crippen MR) is 129 cm³/mol. The van der Waals surface area contributed by atoms with Crippen molar-refractivity contribution < 1.29 is 51.0 Å². The van der Waals surface area contributed by atoms with Gasteiger partial charge in [0.1, 0.15) is 0 Å². The Morgan fingerprint density at radius 2 is 1.62 bits per heavy atom. The third-order valence-corrected chi connectivity index (χ3v) is 9.09. The smallest absolute Gasteiger partial charge is 1.00 e. The van der Waals surface area contributed by atoms with E-state index in [-0.39, 0.29) is 58.6 Å². The zero-order chi connectivity index (χ0) is 19.8. The molecule has 1 unspecified atom stereocenters. The molecule has 1 aromatic heterocycles. The van der Waals surface area contributed by atoms with Crippen molar-refractivity contribution in [3.05, 3.63) is 94.8 Å². The third kappa shape index (κ3) is 5.23. The Morgan fingerprint density at radius 1 is 0.906 bits per heavy atom. The van der Waals surface area contributed by atoms with Gasteiger partial charge in [0.05, 0.1) is 0 Å². The third-order valence-electron chi connectivity index (χ3n) is 6.41. The first-order valence-corrected chi connectivity index (χ1v) is 12.1. The van der Waals surface area contributed by atoms with Crippen LogP contribution in [0.25, 0.3) is 26.6 Å². The van der Waals surface area contributed by atoms with Crippen molar-refractivity contribution in [1.82, 2.24) is 0 Å². The Hall–Kier alpha value is -0.967. The van der Waals surface area contributed by atoms with Gasteiger partial charge in [0.25, 0.3) is 0 Å². The van der Waals surface area contributed by atoms with Gasteiger partial charge in [-0.25, -0.2) is 11.1 Å². The SMILES string of the molecule is CC1=[C-]CC=C1C.[Cl-].[Cl-].[Zr+4].c1ccc2[cH-]c(-p3c4c(c5ccccc53)CCCC4)cc2c1. The summed E-state index contributed by atoms with van der Waals surface area (Å²) in [7, 11) is -0.281. The van der Waals surface area contributed by atoms with E-state index in [1.54, 1.807) is 26.7 Å². The van der Waals surface area contributed by atoms with Gasteiger partial charge in [-0.3, -0.25) is 6.08 Å². The molecule has 0 saturated carbocycles. The molecule has 1 atom stereocenters. The number of hydrogen-bond acceptors (Lipinski definition) is 0. The van der Waals surface area contributed by atoms with Gasteiger partial charge < -0.3 is 24.8 Å². The van der Waals surface area contributed by atoms with E-state index in [2.05, 4.69) is 86.7 Å². The zero-order valence-electron chi connectivity index (χ0n) is 18.6. The summed E-state index contributed by atoms with van der Waals surface area (Å²) in [5, 5.41) is 9.24. The molecule has 6 rings (SSSR count). The van der Waals surface area contributed by atoms with Crippen LogP contribution in [-0.2, 0) is 39.0 Å². The molecule has 0 aliphatic heterocycles. The molecule has 0 bridgehead atoms. The minimum Gasteiger partial charge on any atom is -1.00 e. The van der Waals surface area contributed by atoms with Crippen LogP contribution in [0.15, 0.2) is 77.9 Å². The molecule has 162 valence electrons. The van der Waals surface area contributed by atoms with Gasteiger partial charge >= 0.3 is 26.2 Å². The first kappa shape index (κ1) is 27.3. The van der Waals surface area contributed by atoms with Crippen molar-refractivity contribution in [1.29, 1.82) is 0 Å². The molecular weight excluding hydrogens is 529 g/mol. The summed E-state index contributed by atoms with van der Waals surface area (Å²) in [6, 6.07) is 22.8. The van der Waals surface area contributed by atoms with Crippen molar-refractivity contribution in [2.45, 2.75) is 46.0 Å². The molecule has 0 amide bonds. The number of benzene rings is 2. The first-order valence-electron chi connectivity index (χ1n) is 10.7. The summed E-state index contributed by atoms with van der Waals surface area (Å²) in [5.74, 6) is 0. The molecule has 32 heavy (non-hydrogen) atoms. The van der Waals surface area contributed by atoms with Gasteiger partial charge in [0, 0.05) is 5.12 Å². The molecule has 0 radical (unpaired) electrons. The number of rotatable bonds is 1. The molecule has 0 saturated heterocycles. The van der Waals surface area contributed by atoms with E-state index in [4.69, 9.17) is 0 Å². The van der Waals surface area contributed by atoms with E-state index in [0.29, 0.717) is 0 Å². The van der Waals surface area contributed by atoms with Gasteiger partial charge in [0.2, 0.25) is 0 Å². The number of aryl methyl sites for hydroxylation is 1. The van der Waals surface area contributed by atoms with Crippen LogP contribution in [0.1, 0.15) is 44.0 Å². The molecule has 2 aliphatic carbocycles. The number of hydrogen-bond donors (Lipinski definition) is 0. The number of halogens is 2. The van der Waals surface area contributed by atoms with Gasteiger partial charge in [-0.15, -0.1) is 55.9 Å². The summed E-state index contributed by atoms with van der Waals surface area (Å²) >= 11 is 0. The summed E-state index contributed by atoms with van der Waals surface area (Å²) in [5.41, 5.74) is 4.39. The van der Waals surface area contributed by atoms with E-state index in [1.165, 1.54) is 47.6 Å². The predicted octanol–water partition coefficient (Wildman–Crippen LogP) is 2.66. The second-order valence-corrected chi connectivity index (χ2v) is 10.4. The van der Waals surface area contributed by atoms with Crippen molar-refractivity contribution in [2.24, 2.45) is 0 Å². The van der Waals surface area contributed by atoms with Crippen LogP contribution in [0, 0.1) is 6.08 Å². The van der Waals surface area contributed by atoms with Crippen LogP contribution in [0.5, 0.6) is 0 Å². The topological polar surface area (TPSA) is 0 Å². The molecular formula is C28H27Cl2PZr. The molecule has 4 heteroatoms. The van der Waals surface area contributed by atoms with Crippen molar-refractivity contribution in [3.63, 3.8) is 0 Å². The molecule has 2 aliphatic rings. The van der Waals surface area contributed by atoms with Gasteiger partial charge in [0.15, 0.2) is 0 Å². The van der Waals surface area contributed by atoms with Crippen LogP contribution in [0.3, 0.4) is 0 Å². The summed E-state index contributed by atoms with van der Waals surface area (Å²) in [6.07, 6.45) is 11.7. The molecule has 3 aromatic carbocycles. The van der Waals surface area contributed by atoms with Crippen molar-refractivity contribution in [3.8, 4) is 5.30 Å². The molecule has 0 fully saturated rings. The quantitative estimate of drug-likeness (QED) is 0.317. The van der Waals surface area contributed by atoms with Crippen LogP contribution in [0.2, 0.25) is 0 Å². The Bertz CT molecular complexity index is 1210. The maximum Gasteiger partial charge on any atom is 4.00 e. The maximum absolute atomic E-state index is 3.19. The number of allylic oxidation sites excluding steroid dienone is 4. The molecule has 0 nitrogen and oxygen atoms in total. The minimum absolute atomic E-state index is 0. The van der Waals surface area contributed by atoms with Gasteiger partial charge in [-0.1, -0.05) is 42.6 Å². The summed E-state index contributed by atoms with van der Waals surface area (Å²) in [6.45, 7) is 4.22. The normalized spacial score (nSPS) is 14.8. The van der Waals surface area contributed by atoms with E-state index < -0.39 is 0 Å². The minimum atomic E-state index is -0.281. The Kier molecular flexibility index (Phi) is 10.2. The van der Waals surface area contributed by atoms with E-state index in [0.717, 1.165) is 6.42 Å². The summed E-state index contributed by atoms with van der Waals surface area (Å²) < 4.78 is 0. The fourth-order valence-electron chi connectivity index (χ4n) is 4.70. The fraction of sp³-hybridized carbons (Fsp3) is 0.250. The summed E-state index contributed by atoms with van der Waals surface area (Å²) in [4.78, 5) is 0. The monoisotopic (exact) mass is 554 g/mol. The van der Waals surface area contributed by atoms with E-state index in [1.807, 2.05) is 0 Å². The molecule has 0 N–H and O–H groups in total. The molecule has 4 aromatic rings. The van der Waals surface area contributed by atoms with Crippen LogP contribution in [-0.4, -0.2) is 0 Å². The average Bonchev–Trinajstić information content (AvgIpc) is 3.43. The van der Waals surface area contributed by atoms with Crippen LogP contribution >= 0.6 is 7.53 Å². The zero-order valence-corrected chi connectivity index (χ0v) is 23.5. The second-order valence-electron chi connectivity index (χ2n) is 8.22. The van der Waals surface area contributed by atoms with Crippen molar-refractivity contribution >= 4 is 28.8 Å². The van der Waals surface area contributed by atoms with Gasteiger partial charge in [-0.2, -0.15) is 12.1 Å². The Balaban J connectivity index is 0.000000317. The fourth-order valence-corrected chi connectivity index (χ4v) is 7.69. The van der Waals surface area contributed by atoms with Crippen LogP contribution < -0.4 is 24.8 Å². The van der Waals surface area contributed by atoms with Crippen molar-refractivity contribution in [2.75, 3.05) is 0 Å².